The van der Waals surface area contributed by atoms with Crippen molar-refractivity contribution in [2.24, 2.45) is 11.8 Å². The molecule has 2 aromatic rings. The Hall–Kier alpha value is -1.67. The number of rotatable bonds is 3. The predicted molar refractivity (Wildman–Crippen MR) is 87.2 cm³/mol. The first-order valence-electron chi connectivity index (χ1n) is 8.04. The number of piperidine rings is 3. The normalized spacial score (nSPS) is 31.4. The lowest BCUT2D eigenvalue weighted by Crippen LogP contribution is -2.53. The van der Waals surface area contributed by atoms with Gasteiger partial charge in [-0.15, -0.1) is 6.58 Å². The van der Waals surface area contributed by atoms with Crippen LogP contribution in [-0.4, -0.2) is 29.0 Å². The fourth-order valence-corrected chi connectivity index (χ4v) is 4.25. The maximum Gasteiger partial charge on any atom is 0.0704 e. The van der Waals surface area contributed by atoms with Gasteiger partial charge in [0, 0.05) is 24.2 Å². The van der Waals surface area contributed by atoms with Gasteiger partial charge in [0.2, 0.25) is 0 Å². The van der Waals surface area contributed by atoms with Gasteiger partial charge in [-0.05, 0) is 55.3 Å². The van der Waals surface area contributed by atoms with Crippen LogP contribution in [0.15, 0.2) is 49.2 Å². The molecule has 2 nitrogen and oxygen atoms in total. The van der Waals surface area contributed by atoms with Crippen molar-refractivity contribution in [1.82, 2.24) is 9.88 Å². The molecule has 3 aliphatic rings. The lowest BCUT2D eigenvalue weighted by molar-refractivity contribution is 0.0196. The summed E-state index contributed by atoms with van der Waals surface area (Å²) in [6, 6.07) is 11.4. The Bertz CT molecular complexity index is 658. The molecule has 0 saturated carbocycles. The minimum Gasteiger partial charge on any atom is -0.299 e. The molecule has 3 saturated heterocycles. The average Bonchev–Trinajstić information content (AvgIpc) is 2.56. The summed E-state index contributed by atoms with van der Waals surface area (Å²) in [5.41, 5.74) is 2.57. The molecule has 1 aromatic heterocycles. The van der Waals surface area contributed by atoms with Gasteiger partial charge in [-0.3, -0.25) is 9.88 Å². The van der Waals surface area contributed by atoms with Gasteiger partial charge in [-0.25, -0.2) is 0 Å². The first-order valence-corrected chi connectivity index (χ1v) is 8.04. The molecule has 0 aliphatic carbocycles. The summed E-state index contributed by atoms with van der Waals surface area (Å²) >= 11 is 0. The molecule has 1 aromatic carbocycles. The van der Waals surface area contributed by atoms with Crippen molar-refractivity contribution in [2.45, 2.75) is 25.3 Å². The number of nitrogens with zero attached hydrogens (tertiary/aromatic N) is 2. The minimum absolute atomic E-state index is 0.700. The van der Waals surface area contributed by atoms with E-state index in [0.29, 0.717) is 12.0 Å². The SMILES string of the molecule is C=C[C@@H]1CN2CC[C@@H]1C[C@@H]2Cc1ccnc2ccccc12. The molecule has 0 spiro atoms. The van der Waals surface area contributed by atoms with Crippen molar-refractivity contribution < 1.29 is 0 Å². The van der Waals surface area contributed by atoms with E-state index >= 15 is 0 Å². The van der Waals surface area contributed by atoms with Crippen molar-refractivity contribution >= 4 is 10.9 Å². The Morgan fingerprint density at radius 1 is 1.29 bits per heavy atom. The highest BCUT2D eigenvalue weighted by Crippen LogP contribution is 2.38. The third kappa shape index (κ3) is 2.28. The van der Waals surface area contributed by atoms with Gasteiger partial charge < -0.3 is 0 Å². The Morgan fingerprint density at radius 2 is 2.19 bits per heavy atom. The summed E-state index contributed by atoms with van der Waals surface area (Å²) in [6.45, 7) is 6.49. The number of para-hydroxylation sites is 1. The zero-order chi connectivity index (χ0) is 14.2. The average molecular weight is 278 g/mol. The van der Waals surface area contributed by atoms with Crippen LogP contribution in [-0.2, 0) is 6.42 Å². The number of benzene rings is 1. The van der Waals surface area contributed by atoms with Crippen molar-refractivity contribution in [3.63, 3.8) is 0 Å². The summed E-state index contributed by atoms with van der Waals surface area (Å²) in [5.74, 6) is 1.56. The third-order valence-electron chi connectivity index (χ3n) is 5.43. The van der Waals surface area contributed by atoms with Gasteiger partial charge in [0.05, 0.1) is 5.52 Å². The molecule has 21 heavy (non-hydrogen) atoms. The molecule has 2 bridgehead atoms. The molecule has 0 amide bonds. The molecule has 5 rings (SSSR count). The molecule has 3 aliphatic heterocycles. The Morgan fingerprint density at radius 3 is 3.00 bits per heavy atom. The van der Waals surface area contributed by atoms with Crippen LogP contribution in [0.25, 0.3) is 10.9 Å². The van der Waals surface area contributed by atoms with Gasteiger partial charge in [0.25, 0.3) is 0 Å². The summed E-state index contributed by atoms with van der Waals surface area (Å²) < 4.78 is 0. The summed E-state index contributed by atoms with van der Waals surface area (Å²) in [5, 5.41) is 1.32. The lowest BCUT2D eigenvalue weighted by Gasteiger charge is -2.49. The molecule has 1 unspecified atom stereocenters. The maximum absolute atomic E-state index is 4.48. The van der Waals surface area contributed by atoms with Crippen molar-refractivity contribution in [1.29, 1.82) is 0 Å². The van der Waals surface area contributed by atoms with Gasteiger partial charge in [0.1, 0.15) is 0 Å². The number of hydrogen-bond acceptors (Lipinski definition) is 2. The van der Waals surface area contributed by atoms with Crippen LogP contribution in [0.3, 0.4) is 0 Å². The Kier molecular flexibility index (Phi) is 3.27. The quantitative estimate of drug-likeness (QED) is 0.796. The highest BCUT2D eigenvalue weighted by atomic mass is 15.2. The first kappa shape index (κ1) is 13.0. The van der Waals surface area contributed by atoms with E-state index in [1.165, 1.54) is 36.9 Å². The number of aromatic nitrogens is 1. The van der Waals surface area contributed by atoms with Crippen LogP contribution in [0.1, 0.15) is 18.4 Å². The molecule has 3 fully saturated rings. The van der Waals surface area contributed by atoms with Gasteiger partial charge in [-0.1, -0.05) is 24.3 Å². The minimum atomic E-state index is 0.700. The standard InChI is InChI=1S/C19H22N2/c1-2-14-13-21-10-8-15(14)11-17(21)12-16-7-9-20-19-6-4-3-5-18(16)19/h2-7,9,14-15,17H,1,8,10-13H2/t14-,15-,17-/m1/s1. The zero-order valence-corrected chi connectivity index (χ0v) is 12.4. The van der Waals surface area contributed by atoms with E-state index in [9.17, 15) is 0 Å². The second kappa shape index (κ2) is 5.27. The summed E-state index contributed by atoms with van der Waals surface area (Å²) in [7, 11) is 0. The van der Waals surface area contributed by atoms with Crippen LogP contribution in [0, 0.1) is 11.8 Å². The van der Waals surface area contributed by atoms with Gasteiger partial charge in [-0.2, -0.15) is 0 Å². The largest absolute Gasteiger partial charge is 0.299 e. The molecule has 0 radical (unpaired) electrons. The fourth-order valence-electron chi connectivity index (χ4n) is 4.25. The van der Waals surface area contributed by atoms with E-state index in [1.807, 2.05) is 6.20 Å². The number of hydrogen-bond donors (Lipinski definition) is 0. The molecular weight excluding hydrogens is 256 g/mol. The molecule has 0 N–H and O–H groups in total. The topological polar surface area (TPSA) is 16.1 Å². The van der Waals surface area contributed by atoms with Crippen LogP contribution >= 0.6 is 0 Å². The fraction of sp³-hybridized carbons (Fsp3) is 0.421. The van der Waals surface area contributed by atoms with Crippen LogP contribution in [0.5, 0.6) is 0 Å². The van der Waals surface area contributed by atoms with E-state index in [1.54, 1.807) is 0 Å². The molecule has 4 heterocycles. The lowest BCUT2D eigenvalue weighted by atomic mass is 9.74. The van der Waals surface area contributed by atoms with E-state index in [2.05, 4.69) is 52.9 Å². The predicted octanol–water partition coefficient (Wildman–Crippen LogP) is 3.67. The van der Waals surface area contributed by atoms with E-state index in [0.717, 1.165) is 17.9 Å². The maximum atomic E-state index is 4.48. The molecule has 2 heteroatoms. The molecule has 4 atom stereocenters. The van der Waals surface area contributed by atoms with E-state index in [-0.39, 0.29) is 0 Å². The van der Waals surface area contributed by atoms with Gasteiger partial charge in [0.15, 0.2) is 0 Å². The highest BCUT2D eigenvalue weighted by molar-refractivity contribution is 5.81. The first-order chi connectivity index (χ1) is 10.3. The third-order valence-corrected chi connectivity index (χ3v) is 5.43. The van der Waals surface area contributed by atoms with Crippen molar-refractivity contribution in [2.75, 3.05) is 13.1 Å². The Balaban J connectivity index is 1.60. The zero-order valence-electron chi connectivity index (χ0n) is 12.4. The highest BCUT2D eigenvalue weighted by Gasteiger charge is 2.38. The molecule has 108 valence electrons. The van der Waals surface area contributed by atoms with Gasteiger partial charge >= 0.3 is 0 Å². The van der Waals surface area contributed by atoms with E-state index in [4.69, 9.17) is 0 Å². The molecular formula is C19H22N2. The van der Waals surface area contributed by atoms with Crippen LogP contribution < -0.4 is 0 Å². The van der Waals surface area contributed by atoms with Crippen LogP contribution in [0.4, 0.5) is 0 Å². The monoisotopic (exact) mass is 278 g/mol. The van der Waals surface area contributed by atoms with Crippen molar-refractivity contribution in [3.8, 4) is 0 Å². The number of pyridine rings is 1. The summed E-state index contributed by atoms with van der Waals surface area (Å²) in [4.78, 5) is 7.16. The summed E-state index contributed by atoms with van der Waals surface area (Å²) in [6.07, 6.45) is 7.97. The smallest absolute Gasteiger partial charge is 0.0704 e. The second-order valence-corrected chi connectivity index (χ2v) is 6.52. The Labute approximate surface area is 126 Å². The van der Waals surface area contributed by atoms with Crippen LogP contribution in [0.2, 0.25) is 0 Å². The number of fused-ring (bicyclic) bond motifs is 4. The second-order valence-electron chi connectivity index (χ2n) is 6.52. The van der Waals surface area contributed by atoms with E-state index < -0.39 is 0 Å². The van der Waals surface area contributed by atoms with Crippen molar-refractivity contribution in [3.05, 3.63) is 54.7 Å².